The van der Waals surface area contributed by atoms with Crippen LogP contribution in [-0.4, -0.2) is 26.0 Å². The van der Waals surface area contributed by atoms with E-state index in [-0.39, 0.29) is 12.3 Å². The first-order valence-electron chi connectivity index (χ1n) is 8.86. The molecule has 2 amide bonds. The van der Waals surface area contributed by atoms with Crippen molar-refractivity contribution >= 4 is 17.5 Å². The van der Waals surface area contributed by atoms with Gasteiger partial charge in [0, 0.05) is 12.1 Å². The van der Waals surface area contributed by atoms with Crippen molar-refractivity contribution in [3.8, 4) is 11.5 Å². The third kappa shape index (κ3) is 3.60. The molecule has 0 unspecified atom stereocenters. The first-order valence-corrected chi connectivity index (χ1v) is 8.86. The summed E-state index contributed by atoms with van der Waals surface area (Å²) in [4.78, 5) is 26.7. The molecule has 2 aromatic rings. The molecule has 0 bridgehead atoms. The number of hydrogen-bond acceptors (Lipinski definition) is 4. The Kier molecular flexibility index (Phi) is 5.35. The zero-order valence-corrected chi connectivity index (χ0v) is 15.8. The molecule has 3 rings (SSSR count). The summed E-state index contributed by atoms with van der Waals surface area (Å²) in [7, 11) is 3.11. The first kappa shape index (κ1) is 18.8. The van der Waals surface area contributed by atoms with E-state index in [2.05, 4.69) is 0 Å². The second-order valence-corrected chi connectivity index (χ2v) is 6.71. The van der Waals surface area contributed by atoms with Crippen molar-refractivity contribution in [1.82, 2.24) is 0 Å². The van der Waals surface area contributed by atoms with Gasteiger partial charge in [-0.05, 0) is 43.2 Å². The number of carbonyl (C=O) groups excluding carboxylic acids is 2. The first-order chi connectivity index (χ1) is 13.0. The minimum absolute atomic E-state index is 0.0314. The molecule has 0 aromatic heterocycles. The van der Waals surface area contributed by atoms with E-state index in [1.54, 1.807) is 31.3 Å². The molecule has 27 heavy (non-hydrogen) atoms. The topological polar surface area (TPSA) is 81.9 Å². The summed E-state index contributed by atoms with van der Waals surface area (Å²) in [6.45, 7) is 1.99. The predicted molar refractivity (Wildman–Crippen MR) is 103 cm³/mol. The van der Waals surface area contributed by atoms with E-state index in [9.17, 15) is 9.59 Å². The highest BCUT2D eigenvalue weighted by atomic mass is 16.5. The molecule has 1 heterocycles. The van der Waals surface area contributed by atoms with Crippen LogP contribution in [0.4, 0.5) is 5.69 Å². The zero-order chi connectivity index (χ0) is 19.6. The summed E-state index contributed by atoms with van der Waals surface area (Å²) >= 11 is 0. The maximum Gasteiger partial charge on any atom is 0.227 e. The lowest BCUT2D eigenvalue weighted by molar-refractivity contribution is -0.127. The molecular weight excluding hydrogens is 344 g/mol. The maximum atomic E-state index is 12.8. The van der Waals surface area contributed by atoms with Gasteiger partial charge in [-0.3, -0.25) is 9.59 Å². The fraction of sp³-hybridized carbons (Fsp3) is 0.333. The molecule has 142 valence electrons. The fourth-order valence-electron chi connectivity index (χ4n) is 3.62. The number of amides is 2. The van der Waals surface area contributed by atoms with Crippen LogP contribution < -0.4 is 20.1 Å². The van der Waals surface area contributed by atoms with Crippen molar-refractivity contribution in [3.63, 3.8) is 0 Å². The lowest BCUT2D eigenvalue weighted by atomic mass is 9.83. The molecule has 1 aliphatic heterocycles. The highest BCUT2D eigenvalue weighted by Gasteiger charge is 2.40. The Hall–Kier alpha value is -3.02. The fourth-order valence-corrected chi connectivity index (χ4v) is 3.62. The average Bonchev–Trinajstić information content (AvgIpc) is 2.67. The molecule has 6 nitrogen and oxygen atoms in total. The van der Waals surface area contributed by atoms with Gasteiger partial charge in [-0.25, -0.2) is 0 Å². The van der Waals surface area contributed by atoms with Crippen LogP contribution in [0, 0.1) is 12.8 Å². The number of methoxy groups -OCH3 is 2. The van der Waals surface area contributed by atoms with Crippen molar-refractivity contribution in [1.29, 1.82) is 0 Å². The number of ether oxygens (including phenoxy) is 2. The molecule has 0 spiro atoms. The van der Waals surface area contributed by atoms with Crippen LogP contribution in [0.15, 0.2) is 42.5 Å². The largest absolute Gasteiger partial charge is 0.493 e. The van der Waals surface area contributed by atoms with Crippen molar-refractivity contribution in [2.45, 2.75) is 25.8 Å². The molecule has 1 fully saturated rings. The Labute approximate surface area is 158 Å². The van der Waals surface area contributed by atoms with E-state index in [4.69, 9.17) is 15.2 Å². The Morgan fingerprint density at radius 1 is 1.07 bits per heavy atom. The van der Waals surface area contributed by atoms with Crippen LogP contribution >= 0.6 is 0 Å². The number of nitrogens with zero attached hydrogens (tertiary/aromatic N) is 1. The monoisotopic (exact) mass is 368 g/mol. The summed E-state index contributed by atoms with van der Waals surface area (Å²) in [5.41, 5.74) is 8.32. The van der Waals surface area contributed by atoms with Crippen molar-refractivity contribution in [3.05, 3.63) is 53.6 Å². The lowest BCUT2D eigenvalue weighted by Gasteiger charge is -2.40. The standard InChI is InChI=1S/C21H24N2O4/c1-13-4-7-15(8-5-13)23-19(24)11-9-16(21(22)25)20(23)14-6-10-17(26-2)18(12-14)27-3/h4-8,10,12,16,20H,9,11H2,1-3H3,(H2,22,25)/t16-,20-/m0/s1. The molecule has 0 aliphatic carbocycles. The van der Waals surface area contributed by atoms with Gasteiger partial charge >= 0.3 is 0 Å². The highest BCUT2D eigenvalue weighted by molar-refractivity contribution is 5.97. The van der Waals surface area contributed by atoms with Gasteiger partial charge in [0.25, 0.3) is 0 Å². The van der Waals surface area contributed by atoms with Gasteiger partial charge in [0.1, 0.15) is 0 Å². The quantitative estimate of drug-likeness (QED) is 0.880. The van der Waals surface area contributed by atoms with E-state index in [1.165, 1.54) is 0 Å². The highest BCUT2D eigenvalue weighted by Crippen LogP contribution is 2.42. The number of nitrogens with two attached hydrogens (primary N) is 1. The van der Waals surface area contributed by atoms with E-state index in [1.807, 2.05) is 37.3 Å². The summed E-state index contributed by atoms with van der Waals surface area (Å²) in [6.07, 6.45) is 0.709. The number of anilines is 1. The lowest BCUT2D eigenvalue weighted by Crippen LogP contribution is -2.47. The van der Waals surface area contributed by atoms with E-state index in [0.717, 1.165) is 16.8 Å². The third-order valence-corrected chi connectivity index (χ3v) is 5.02. The summed E-state index contributed by atoms with van der Waals surface area (Å²) in [5.74, 6) is 0.193. The van der Waals surface area contributed by atoms with Crippen molar-refractivity contribution in [2.75, 3.05) is 19.1 Å². The number of primary amides is 1. The SMILES string of the molecule is COc1ccc([C@H]2[C@@H](C(N)=O)CCC(=O)N2c2ccc(C)cc2)cc1OC. The minimum Gasteiger partial charge on any atom is -0.493 e. The summed E-state index contributed by atoms with van der Waals surface area (Å²) in [5, 5.41) is 0. The third-order valence-electron chi connectivity index (χ3n) is 5.02. The van der Waals surface area contributed by atoms with Gasteiger partial charge in [-0.1, -0.05) is 23.8 Å². The number of carbonyl (C=O) groups is 2. The van der Waals surface area contributed by atoms with Crippen molar-refractivity contribution < 1.29 is 19.1 Å². The van der Waals surface area contributed by atoms with E-state index < -0.39 is 17.9 Å². The number of hydrogen-bond donors (Lipinski definition) is 1. The Morgan fingerprint density at radius 2 is 1.74 bits per heavy atom. The van der Waals surface area contributed by atoms with Gasteiger partial charge in [0.2, 0.25) is 11.8 Å². The maximum absolute atomic E-state index is 12.8. The Bertz CT molecular complexity index is 848. The normalized spacial score (nSPS) is 19.7. The molecule has 2 atom stereocenters. The van der Waals surface area contributed by atoms with Crippen LogP contribution in [0.1, 0.15) is 30.0 Å². The second kappa shape index (κ2) is 7.70. The molecule has 1 aliphatic rings. The van der Waals surface area contributed by atoms with Gasteiger partial charge in [0.05, 0.1) is 26.2 Å². The van der Waals surface area contributed by atoms with Crippen LogP contribution in [0.2, 0.25) is 0 Å². The van der Waals surface area contributed by atoms with E-state index in [0.29, 0.717) is 17.9 Å². The predicted octanol–water partition coefficient (Wildman–Crippen LogP) is 2.98. The second-order valence-electron chi connectivity index (χ2n) is 6.71. The Balaban J connectivity index is 2.13. The van der Waals surface area contributed by atoms with Gasteiger partial charge in [-0.2, -0.15) is 0 Å². The minimum atomic E-state index is -0.494. The smallest absolute Gasteiger partial charge is 0.227 e. The number of aryl methyl sites for hydroxylation is 1. The van der Waals surface area contributed by atoms with Gasteiger partial charge < -0.3 is 20.1 Å². The van der Waals surface area contributed by atoms with Gasteiger partial charge in [0.15, 0.2) is 11.5 Å². The number of piperidine rings is 1. The molecule has 6 heteroatoms. The molecule has 2 aromatic carbocycles. The van der Waals surface area contributed by atoms with Crippen molar-refractivity contribution in [2.24, 2.45) is 11.7 Å². The molecular formula is C21H24N2O4. The number of benzene rings is 2. The molecule has 2 N–H and O–H groups in total. The molecule has 0 radical (unpaired) electrons. The van der Waals surface area contributed by atoms with Crippen LogP contribution in [0.25, 0.3) is 0 Å². The number of rotatable bonds is 5. The Morgan fingerprint density at radius 3 is 2.33 bits per heavy atom. The zero-order valence-electron chi connectivity index (χ0n) is 15.8. The average molecular weight is 368 g/mol. The molecule has 0 saturated carbocycles. The van der Waals surface area contributed by atoms with Crippen LogP contribution in [0.5, 0.6) is 11.5 Å². The summed E-state index contributed by atoms with van der Waals surface area (Å²) in [6, 6.07) is 12.6. The van der Waals surface area contributed by atoms with Gasteiger partial charge in [-0.15, -0.1) is 0 Å². The van der Waals surface area contributed by atoms with E-state index >= 15 is 0 Å². The van der Waals surface area contributed by atoms with Crippen LogP contribution in [-0.2, 0) is 9.59 Å². The summed E-state index contributed by atoms with van der Waals surface area (Å²) < 4.78 is 10.7. The van der Waals surface area contributed by atoms with Crippen LogP contribution in [0.3, 0.4) is 0 Å². The molecule has 1 saturated heterocycles.